The molecule has 1 saturated carbocycles. The van der Waals surface area contributed by atoms with Crippen LogP contribution in [0, 0.1) is 5.82 Å². The molecule has 1 heterocycles. The second kappa shape index (κ2) is 6.10. The first-order chi connectivity index (χ1) is 10.1. The van der Waals surface area contributed by atoms with E-state index in [1.165, 1.54) is 18.9 Å². The van der Waals surface area contributed by atoms with Gasteiger partial charge in [0.05, 0.1) is 10.2 Å². The predicted octanol–water partition coefficient (Wildman–Crippen LogP) is 4.21. The quantitative estimate of drug-likeness (QED) is 0.902. The second-order valence-electron chi connectivity index (χ2n) is 5.47. The van der Waals surface area contributed by atoms with Gasteiger partial charge in [0.1, 0.15) is 17.5 Å². The Morgan fingerprint density at radius 2 is 1.90 bits per heavy atom. The van der Waals surface area contributed by atoms with Crippen molar-refractivity contribution in [1.29, 1.82) is 0 Å². The zero-order chi connectivity index (χ0) is 14.8. The Bertz CT molecular complexity index is 654. The minimum atomic E-state index is -0.231. The summed E-state index contributed by atoms with van der Waals surface area (Å²) in [7, 11) is 0. The average Bonchev–Trinajstić information content (AvgIpc) is 2.99. The molecule has 0 radical (unpaired) electrons. The average molecular weight is 350 g/mol. The van der Waals surface area contributed by atoms with Gasteiger partial charge in [-0.3, -0.25) is 0 Å². The number of aromatic nitrogens is 2. The number of anilines is 1. The number of hydrogen-bond acceptors (Lipinski definition) is 3. The van der Waals surface area contributed by atoms with E-state index in [1.807, 2.05) is 6.07 Å². The van der Waals surface area contributed by atoms with Gasteiger partial charge in [-0.05, 0) is 40.4 Å². The van der Waals surface area contributed by atoms with E-state index >= 15 is 0 Å². The maximum atomic E-state index is 13.8. The Labute approximate surface area is 131 Å². The van der Waals surface area contributed by atoms with E-state index in [1.54, 1.807) is 12.1 Å². The molecular weight excluding hydrogens is 333 g/mol. The van der Waals surface area contributed by atoms with E-state index in [0.29, 0.717) is 29.5 Å². The highest BCUT2D eigenvalue weighted by Gasteiger charge is 2.23. The van der Waals surface area contributed by atoms with Crippen molar-refractivity contribution >= 4 is 21.7 Å². The fraction of sp³-hybridized carbons (Fsp3) is 0.375. The molecule has 1 aromatic carbocycles. The van der Waals surface area contributed by atoms with Crippen LogP contribution in [-0.4, -0.2) is 9.97 Å². The summed E-state index contributed by atoms with van der Waals surface area (Å²) in [6.07, 6.45) is 5.08. The Morgan fingerprint density at radius 1 is 1.19 bits per heavy atom. The van der Waals surface area contributed by atoms with Gasteiger partial charge in [0.25, 0.3) is 0 Å². The lowest BCUT2D eigenvalue weighted by Gasteiger charge is -2.14. The van der Waals surface area contributed by atoms with E-state index in [4.69, 9.17) is 5.73 Å². The molecule has 0 aliphatic heterocycles. The van der Waals surface area contributed by atoms with Gasteiger partial charge in [0, 0.05) is 12.3 Å². The van der Waals surface area contributed by atoms with Crippen LogP contribution in [0.4, 0.5) is 10.2 Å². The molecule has 0 unspecified atom stereocenters. The smallest absolute Gasteiger partial charge is 0.141 e. The van der Waals surface area contributed by atoms with Crippen molar-refractivity contribution < 1.29 is 4.39 Å². The third-order valence-corrected chi connectivity index (χ3v) is 4.81. The van der Waals surface area contributed by atoms with E-state index in [-0.39, 0.29) is 5.82 Å². The summed E-state index contributed by atoms with van der Waals surface area (Å²) in [6.45, 7) is 0. The molecule has 1 aliphatic carbocycles. The van der Waals surface area contributed by atoms with Gasteiger partial charge in [0.15, 0.2) is 0 Å². The fourth-order valence-corrected chi connectivity index (χ4v) is 3.39. The van der Waals surface area contributed by atoms with Gasteiger partial charge >= 0.3 is 0 Å². The molecule has 1 fully saturated rings. The number of nitrogen functional groups attached to an aromatic ring is 1. The zero-order valence-electron chi connectivity index (χ0n) is 11.6. The molecule has 1 aromatic heterocycles. The summed E-state index contributed by atoms with van der Waals surface area (Å²) in [5.41, 5.74) is 7.56. The van der Waals surface area contributed by atoms with Crippen molar-refractivity contribution in [2.75, 3.05) is 5.73 Å². The van der Waals surface area contributed by atoms with E-state index in [0.717, 1.165) is 23.0 Å². The highest BCUT2D eigenvalue weighted by Crippen LogP contribution is 2.38. The molecule has 0 amide bonds. The lowest BCUT2D eigenvalue weighted by atomic mass is 10.0. The van der Waals surface area contributed by atoms with E-state index in [9.17, 15) is 4.39 Å². The van der Waals surface area contributed by atoms with Crippen LogP contribution >= 0.6 is 15.9 Å². The van der Waals surface area contributed by atoms with Gasteiger partial charge in [-0.25, -0.2) is 14.4 Å². The third-order valence-electron chi connectivity index (χ3n) is 4.00. The van der Waals surface area contributed by atoms with Crippen LogP contribution in [0.25, 0.3) is 0 Å². The Balaban J connectivity index is 1.94. The highest BCUT2D eigenvalue weighted by atomic mass is 79.9. The van der Waals surface area contributed by atoms with Crippen LogP contribution in [0.5, 0.6) is 0 Å². The van der Waals surface area contributed by atoms with Gasteiger partial charge in [0.2, 0.25) is 0 Å². The number of nitrogens with zero attached hydrogens (tertiary/aromatic N) is 2. The molecule has 21 heavy (non-hydrogen) atoms. The first-order valence-corrected chi connectivity index (χ1v) is 7.99. The standard InChI is InChI=1S/C16H17BrFN3/c17-14-15(10-5-1-2-6-10)20-13(21-16(14)19)9-11-7-3-4-8-12(11)18/h3-4,7-8,10H,1-2,5-6,9H2,(H2,19,20,21). The largest absolute Gasteiger partial charge is 0.383 e. The summed E-state index contributed by atoms with van der Waals surface area (Å²) >= 11 is 3.50. The fourth-order valence-electron chi connectivity index (χ4n) is 2.89. The number of benzene rings is 1. The zero-order valence-corrected chi connectivity index (χ0v) is 13.2. The molecule has 2 N–H and O–H groups in total. The molecule has 2 aromatic rings. The normalized spacial score (nSPS) is 15.5. The maximum absolute atomic E-state index is 13.8. The third kappa shape index (κ3) is 3.07. The summed E-state index contributed by atoms with van der Waals surface area (Å²) in [5, 5.41) is 0. The lowest BCUT2D eigenvalue weighted by molar-refractivity contribution is 0.611. The molecule has 1 aliphatic rings. The first kappa shape index (κ1) is 14.4. The van der Waals surface area contributed by atoms with Crippen LogP contribution in [0.2, 0.25) is 0 Å². The SMILES string of the molecule is Nc1nc(Cc2ccccc2F)nc(C2CCCC2)c1Br. The van der Waals surface area contributed by atoms with Crippen LogP contribution in [0.15, 0.2) is 28.7 Å². The maximum Gasteiger partial charge on any atom is 0.141 e. The van der Waals surface area contributed by atoms with Crippen molar-refractivity contribution in [1.82, 2.24) is 9.97 Å². The molecule has 5 heteroatoms. The number of nitrogens with two attached hydrogens (primary N) is 1. The van der Waals surface area contributed by atoms with Crippen molar-refractivity contribution in [3.05, 3.63) is 51.6 Å². The molecular formula is C16H17BrFN3. The van der Waals surface area contributed by atoms with Crippen LogP contribution < -0.4 is 5.73 Å². The van der Waals surface area contributed by atoms with Gasteiger partial charge in [-0.2, -0.15) is 0 Å². The van der Waals surface area contributed by atoms with E-state index < -0.39 is 0 Å². The summed E-state index contributed by atoms with van der Waals surface area (Å²) in [5.74, 6) is 1.23. The molecule has 0 atom stereocenters. The van der Waals surface area contributed by atoms with Gasteiger partial charge in [-0.15, -0.1) is 0 Å². The molecule has 0 bridgehead atoms. The topological polar surface area (TPSA) is 51.8 Å². The van der Waals surface area contributed by atoms with Crippen molar-refractivity contribution in [3.8, 4) is 0 Å². The van der Waals surface area contributed by atoms with Gasteiger partial charge < -0.3 is 5.73 Å². The Morgan fingerprint density at radius 3 is 2.62 bits per heavy atom. The number of rotatable bonds is 3. The Hall–Kier alpha value is -1.49. The minimum Gasteiger partial charge on any atom is -0.383 e. The van der Waals surface area contributed by atoms with E-state index in [2.05, 4.69) is 25.9 Å². The lowest BCUT2D eigenvalue weighted by Crippen LogP contribution is -2.09. The minimum absolute atomic E-state index is 0.231. The highest BCUT2D eigenvalue weighted by molar-refractivity contribution is 9.10. The van der Waals surface area contributed by atoms with Crippen molar-refractivity contribution in [2.45, 2.75) is 38.0 Å². The molecule has 3 rings (SSSR count). The van der Waals surface area contributed by atoms with Gasteiger partial charge in [-0.1, -0.05) is 31.0 Å². The number of halogens is 2. The van der Waals surface area contributed by atoms with Crippen molar-refractivity contribution in [2.24, 2.45) is 0 Å². The summed E-state index contributed by atoms with van der Waals surface area (Å²) in [6, 6.07) is 6.71. The molecule has 0 saturated heterocycles. The summed E-state index contributed by atoms with van der Waals surface area (Å²) in [4.78, 5) is 8.94. The van der Waals surface area contributed by atoms with Crippen molar-refractivity contribution in [3.63, 3.8) is 0 Å². The number of hydrogen-bond donors (Lipinski definition) is 1. The van der Waals surface area contributed by atoms with Crippen LogP contribution in [-0.2, 0) is 6.42 Å². The molecule has 3 nitrogen and oxygen atoms in total. The molecule has 0 spiro atoms. The predicted molar refractivity (Wildman–Crippen MR) is 84.6 cm³/mol. The van der Waals surface area contributed by atoms with Crippen LogP contribution in [0.1, 0.15) is 48.7 Å². The molecule has 110 valence electrons. The summed E-state index contributed by atoms with van der Waals surface area (Å²) < 4.78 is 14.6. The van der Waals surface area contributed by atoms with Crippen LogP contribution in [0.3, 0.4) is 0 Å². The monoisotopic (exact) mass is 349 g/mol. The Kier molecular flexibility index (Phi) is 4.19. The second-order valence-corrected chi connectivity index (χ2v) is 6.27. The first-order valence-electron chi connectivity index (χ1n) is 7.20.